The number of likely N-dealkylation sites (N-methyl/N-ethyl adjacent to an activating group) is 1. The number of amides is 1. The van der Waals surface area contributed by atoms with E-state index in [2.05, 4.69) is 21.5 Å². The second-order valence-electron chi connectivity index (χ2n) is 10.9. The average molecular weight is 577 g/mol. The number of hydrogen-bond acceptors (Lipinski definition) is 8. The number of rotatable bonds is 8. The lowest BCUT2D eigenvalue weighted by Gasteiger charge is -2.36. The first-order valence-electron chi connectivity index (χ1n) is 13.9. The number of sulfonamides is 1. The predicted molar refractivity (Wildman–Crippen MR) is 156 cm³/mol. The van der Waals surface area contributed by atoms with Gasteiger partial charge in [-0.3, -0.25) is 19.4 Å². The first-order valence-corrected chi connectivity index (χ1v) is 15.7. The van der Waals surface area contributed by atoms with Crippen LogP contribution in [0.4, 0.5) is 5.69 Å². The number of aromatic nitrogens is 1. The first-order chi connectivity index (χ1) is 19.0. The van der Waals surface area contributed by atoms with Gasteiger partial charge in [0, 0.05) is 50.2 Å². The summed E-state index contributed by atoms with van der Waals surface area (Å²) in [6, 6.07) is 8.24. The predicted octanol–water partition coefficient (Wildman–Crippen LogP) is 3.38. The minimum absolute atomic E-state index is 0.0543. The Bertz CT molecular complexity index is 1200. The Morgan fingerprint density at radius 3 is 2.60 bits per heavy atom. The highest BCUT2D eigenvalue weighted by atomic mass is 32.2. The zero-order valence-corrected chi connectivity index (χ0v) is 25.1. The monoisotopic (exact) mass is 576 g/mol. The molecule has 0 saturated carbocycles. The molecule has 2 heterocycles. The molecule has 1 aliphatic heterocycles. The van der Waals surface area contributed by atoms with Crippen LogP contribution >= 0.6 is 0 Å². The molecule has 0 fully saturated rings. The van der Waals surface area contributed by atoms with E-state index in [4.69, 9.17) is 9.47 Å². The zero-order valence-electron chi connectivity index (χ0n) is 24.2. The molecule has 1 aliphatic rings. The van der Waals surface area contributed by atoms with Crippen LogP contribution < -0.4 is 9.46 Å². The van der Waals surface area contributed by atoms with Crippen molar-refractivity contribution in [1.29, 1.82) is 0 Å². The number of aliphatic hydroxyl groups excluding tert-OH is 1. The highest BCUT2D eigenvalue weighted by molar-refractivity contribution is 7.92. The van der Waals surface area contributed by atoms with Crippen molar-refractivity contribution in [3.8, 4) is 5.75 Å². The van der Waals surface area contributed by atoms with E-state index in [1.807, 2.05) is 26.1 Å². The largest absolute Gasteiger partial charge is 0.490 e. The Kier molecular flexibility index (Phi) is 11.7. The van der Waals surface area contributed by atoms with E-state index < -0.39 is 16.1 Å². The normalized spacial score (nSPS) is 22.2. The molecule has 0 unspecified atom stereocenters. The molecule has 222 valence electrons. The second kappa shape index (κ2) is 14.8. The highest BCUT2D eigenvalue weighted by Gasteiger charge is 2.30. The van der Waals surface area contributed by atoms with Gasteiger partial charge in [0.1, 0.15) is 5.75 Å². The minimum atomic E-state index is -3.55. The van der Waals surface area contributed by atoms with E-state index in [1.165, 1.54) is 6.07 Å². The van der Waals surface area contributed by atoms with Crippen LogP contribution in [0.15, 0.2) is 42.7 Å². The average Bonchev–Trinajstić information content (AvgIpc) is 2.90. The number of pyridine rings is 1. The number of anilines is 1. The van der Waals surface area contributed by atoms with Crippen LogP contribution in [0, 0.1) is 5.92 Å². The fourth-order valence-corrected chi connectivity index (χ4v) is 5.39. The molecule has 0 spiro atoms. The van der Waals surface area contributed by atoms with Crippen LogP contribution in [0.2, 0.25) is 0 Å². The van der Waals surface area contributed by atoms with Crippen LogP contribution in [-0.4, -0.2) is 92.1 Å². The van der Waals surface area contributed by atoms with Gasteiger partial charge in [-0.2, -0.15) is 0 Å². The molecule has 1 aromatic heterocycles. The van der Waals surface area contributed by atoms with Gasteiger partial charge in [0.15, 0.2) is 0 Å². The van der Waals surface area contributed by atoms with Crippen molar-refractivity contribution in [2.24, 2.45) is 5.92 Å². The molecule has 0 saturated heterocycles. The number of aliphatic hydroxyl groups is 1. The lowest BCUT2D eigenvalue weighted by molar-refractivity contribution is -0.0177. The molecule has 40 heavy (non-hydrogen) atoms. The number of carbonyl (C=O) groups excluding carboxylic acids is 1. The SMILES string of the molecule is C[C@@H]1CCCCO[C@H](CN(C)Cc2ccncc2)[C@H](C)CN([C@@H](C)CO)C(=O)c2cc(NS(C)(=O)=O)ccc2O1. The Hall–Kier alpha value is -2.73. The van der Waals surface area contributed by atoms with Crippen molar-refractivity contribution in [2.75, 3.05) is 44.3 Å². The number of nitrogens with zero attached hydrogens (tertiary/aromatic N) is 3. The molecule has 3 rings (SSSR count). The van der Waals surface area contributed by atoms with Crippen molar-refractivity contribution in [1.82, 2.24) is 14.8 Å². The van der Waals surface area contributed by atoms with Gasteiger partial charge in [0.2, 0.25) is 10.0 Å². The van der Waals surface area contributed by atoms with Crippen molar-refractivity contribution < 1.29 is 27.8 Å². The van der Waals surface area contributed by atoms with E-state index >= 15 is 0 Å². The molecular weight excluding hydrogens is 532 g/mol. The fourth-order valence-electron chi connectivity index (χ4n) is 4.83. The molecule has 0 bridgehead atoms. The molecule has 10 nitrogen and oxygen atoms in total. The van der Waals surface area contributed by atoms with E-state index in [9.17, 15) is 18.3 Å². The number of benzene rings is 1. The van der Waals surface area contributed by atoms with Crippen LogP contribution in [0.25, 0.3) is 0 Å². The number of fused-ring (bicyclic) bond motifs is 1. The van der Waals surface area contributed by atoms with Crippen LogP contribution in [0.5, 0.6) is 5.75 Å². The molecule has 1 aromatic carbocycles. The third-order valence-corrected chi connectivity index (χ3v) is 7.65. The van der Waals surface area contributed by atoms with Gasteiger partial charge in [-0.05, 0) is 76.1 Å². The van der Waals surface area contributed by atoms with E-state index in [1.54, 1.807) is 36.4 Å². The zero-order chi connectivity index (χ0) is 29.3. The molecule has 0 aliphatic carbocycles. The summed E-state index contributed by atoms with van der Waals surface area (Å²) in [5.74, 6) is -0.00334. The van der Waals surface area contributed by atoms with E-state index in [0.29, 0.717) is 25.4 Å². The molecule has 11 heteroatoms. The number of ether oxygens (including phenoxy) is 2. The summed E-state index contributed by atoms with van der Waals surface area (Å²) in [5.41, 5.74) is 1.67. The molecule has 1 amide bonds. The van der Waals surface area contributed by atoms with Crippen molar-refractivity contribution in [2.45, 2.75) is 64.8 Å². The van der Waals surface area contributed by atoms with Gasteiger partial charge >= 0.3 is 0 Å². The smallest absolute Gasteiger partial charge is 0.258 e. The van der Waals surface area contributed by atoms with E-state index in [0.717, 1.165) is 37.6 Å². The lowest BCUT2D eigenvalue weighted by atomic mass is 10.0. The van der Waals surface area contributed by atoms with Crippen molar-refractivity contribution in [3.63, 3.8) is 0 Å². The maximum atomic E-state index is 14.0. The number of nitrogens with one attached hydrogen (secondary N) is 1. The Morgan fingerprint density at radius 1 is 1.20 bits per heavy atom. The standard InChI is InChI=1S/C29H44N4O6S/c1-21-17-33(22(2)20-34)29(35)26-16-25(31-40(5,36)37)9-10-27(26)39-23(3)8-6-7-15-38-28(21)19-32(4)18-24-11-13-30-14-12-24/h9-14,16,21-23,28,31,34H,6-8,15,17-20H2,1-5H3/t21-,22+,23-,28-/m1/s1. The summed E-state index contributed by atoms with van der Waals surface area (Å²) in [5, 5.41) is 10.1. The highest BCUT2D eigenvalue weighted by Crippen LogP contribution is 2.29. The third kappa shape index (κ3) is 9.72. The number of hydrogen-bond donors (Lipinski definition) is 2. The van der Waals surface area contributed by atoms with Gasteiger partial charge in [-0.25, -0.2) is 8.42 Å². The van der Waals surface area contributed by atoms with Gasteiger partial charge in [0.25, 0.3) is 5.91 Å². The molecule has 0 radical (unpaired) electrons. The third-order valence-electron chi connectivity index (χ3n) is 7.05. The van der Waals surface area contributed by atoms with Gasteiger partial charge in [-0.15, -0.1) is 0 Å². The Balaban J connectivity index is 1.92. The molecule has 2 N–H and O–H groups in total. The van der Waals surface area contributed by atoms with E-state index in [-0.39, 0.29) is 41.9 Å². The van der Waals surface area contributed by atoms with Crippen LogP contribution in [0.1, 0.15) is 56.0 Å². The lowest BCUT2D eigenvalue weighted by Crippen LogP contribution is -2.47. The molecular formula is C29H44N4O6S. The summed E-state index contributed by atoms with van der Waals surface area (Å²) < 4.78 is 38.8. The Morgan fingerprint density at radius 2 is 1.93 bits per heavy atom. The Labute approximate surface area is 238 Å². The second-order valence-corrected chi connectivity index (χ2v) is 12.7. The maximum Gasteiger partial charge on any atom is 0.258 e. The van der Waals surface area contributed by atoms with Crippen LogP contribution in [0.3, 0.4) is 0 Å². The van der Waals surface area contributed by atoms with Gasteiger partial charge in [-0.1, -0.05) is 6.92 Å². The first kappa shape index (κ1) is 31.8. The minimum Gasteiger partial charge on any atom is -0.490 e. The van der Waals surface area contributed by atoms with Crippen molar-refractivity contribution in [3.05, 3.63) is 53.9 Å². The topological polar surface area (TPSA) is 121 Å². The molecule has 2 aromatic rings. The van der Waals surface area contributed by atoms with Gasteiger partial charge in [0.05, 0.1) is 36.7 Å². The summed E-state index contributed by atoms with van der Waals surface area (Å²) in [6.07, 6.45) is 6.87. The summed E-state index contributed by atoms with van der Waals surface area (Å²) in [4.78, 5) is 22.0. The summed E-state index contributed by atoms with van der Waals surface area (Å²) in [6.45, 7) is 7.93. The molecule has 4 atom stereocenters. The number of carbonyl (C=O) groups is 1. The maximum absolute atomic E-state index is 14.0. The van der Waals surface area contributed by atoms with Gasteiger partial charge < -0.3 is 19.5 Å². The summed E-state index contributed by atoms with van der Waals surface area (Å²) in [7, 11) is -1.50. The quantitative estimate of drug-likeness (QED) is 0.491. The van der Waals surface area contributed by atoms with Crippen LogP contribution in [-0.2, 0) is 21.3 Å². The fraction of sp³-hybridized carbons (Fsp3) is 0.586. The summed E-state index contributed by atoms with van der Waals surface area (Å²) >= 11 is 0. The van der Waals surface area contributed by atoms with Crippen molar-refractivity contribution >= 4 is 21.6 Å².